The van der Waals surface area contributed by atoms with E-state index in [9.17, 15) is 15.0 Å². The molecule has 142 valence electrons. The van der Waals surface area contributed by atoms with Crippen molar-refractivity contribution in [2.75, 3.05) is 53.5 Å². The predicted molar refractivity (Wildman–Crippen MR) is 92.5 cm³/mol. The van der Waals surface area contributed by atoms with Crippen LogP contribution < -0.4 is 4.74 Å². The van der Waals surface area contributed by atoms with Crippen molar-refractivity contribution in [3.8, 4) is 11.5 Å². The summed E-state index contributed by atoms with van der Waals surface area (Å²) in [6.07, 6.45) is 1.26. The standard InChI is InChI=1S/C18H24N2O6/c1-24-16(22)13-18(17(23)25-2,26-15-6-4-3-5-14(15)21)20-10-7-19(8-11-20)9-12-20/h3-6,13H,7-12H2,1-2H3,(H-,21,22)/p+1/b16-13+. The molecule has 1 aromatic carbocycles. The number of phenols is 1. The smallest absolute Gasteiger partial charge is 0.416 e. The minimum atomic E-state index is -1.67. The Kier molecular flexibility index (Phi) is 4.97. The molecular formula is C18H25N2O6+. The second kappa shape index (κ2) is 7.05. The summed E-state index contributed by atoms with van der Waals surface area (Å²) in [6.45, 7) is 4.38. The van der Waals surface area contributed by atoms with Crippen molar-refractivity contribution >= 4 is 5.97 Å². The summed E-state index contributed by atoms with van der Waals surface area (Å²) >= 11 is 0. The van der Waals surface area contributed by atoms with Crippen LogP contribution in [0.3, 0.4) is 0 Å². The van der Waals surface area contributed by atoms with Crippen LogP contribution >= 0.6 is 0 Å². The minimum Gasteiger partial charge on any atom is -0.504 e. The van der Waals surface area contributed by atoms with Crippen molar-refractivity contribution < 1.29 is 33.7 Å². The number of carbonyl (C=O) groups excluding carboxylic acids is 1. The summed E-state index contributed by atoms with van der Waals surface area (Å²) in [4.78, 5) is 15.3. The molecular weight excluding hydrogens is 340 g/mol. The van der Waals surface area contributed by atoms with Gasteiger partial charge in [0.15, 0.2) is 11.5 Å². The zero-order valence-electron chi connectivity index (χ0n) is 15.1. The van der Waals surface area contributed by atoms with E-state index in [1.54, 1.807) is 18.2 Å². The lowest BCUT2D eigenvalue weighted by molar-refractivity contribution is -0.989. The van der Waals surface area contributed by atoms with Gasteiger partial charge in [-0.3, -0.25) is 9.38 Å². The molecule has 1 aromatic rings. The number of aliphatic hydroxyl groups is 1. The second-order valence-corrected chi connectivity index (χ2v) is 6.60. The van der Waals surface area contributed by atoms with Gasteiger partial charge >= 0.3 is 11.7 Å². The Morgan fingerprint density at radius 3 is 2.31 bits per heavy atom. The van der Waals surface area contributed by atoms with Crippen molar-refractivity contribution in [2.24, 2.45) is 0 Å². The van der Waals surface area contributed by atoms with Crippen LogP contribution in [0.5, 0.6) is 11.5 Å². The molecule has 0 aliphatic carbocycles. The maximum atomic E-state index is 13.0. The lowest BCUT2D eigenvalue weighted by Crippen LogP contribution is -2.79. The van der Waals surface area contributed by atoms with Gasteiger partial charge in [-0.15, -0.1) is 0 Å². The molecule has 0 spiro atoms. The van der Waals surface area contributed by atoms with Crippen LogP contribution in [0.25, 0.3) is 0 Å². The van der Waals surface area contributed by atoms with Gasteiger partial charge in [0.05, 0.1) is 33.9 Å². The van der Waals surface area contributed by atoms with Gasteiger partial charge in [-0.25, -0.2) is 4.79 Å². The average Bonchev–Trinajstić information content (AvgIpc) is 2.69. The van der Waals surface area contributed by atoms with E-state index >= 15 is 0 Å². The van der Waals surface area contributed by atoms with E-state index in [2.05, 4.69) is 4.90 Å². The summed E-state index contributed by atoms with van der Waals surface area (Å²) in [5.74, 6) is -1.05. The Labute approximate surface area is 152 Å². The first-order valence-corrected chi connectivity index (χ1v) is 8.56. The number of fused-ring (bicyclic) bond motifs is 3. The van der Waals surface area contributed by atoms with Crippen molar-refractivity contribution in [2.45, 2.75) is 5.72 Å². The molecule has 3 aliphatic heterocycles. The van der Waals surface area contributed by atoms with Crippen LogP contribution in [0.15, 0.2) is 36.3 Å². The van der Waals surface area contributed by atoms with Crippen LogP contribution in [0.4, 0.5) is 0 Å². The number of methoxy groups -OCH3 is 2. The minimum absolute atomic E-state index is 0.0973. The first-order chi connectivity index (χ1) is 12.5. The zero-order valence-corrected chi connectivity index (χ0v) is 15.1. The molecule has 0 aromatic heterocycles. The molecule has 4 rings (SSSR count). The Morgan fingerprint density at radius 2 is 1.77 bits per heavy atom. The van der Waals surface area contributed by atoms with Crippen molar-refractivity contribution in [3.05, 3.63) is 36.3 Å². The second-order valence-electron chi connectivity index (χ2n) is 6.60. The van der Waals surface area contributed by atoms with Crippen molar-refractivity contribution in [1.82, 2.24) is 4.90 Å². The van der Waals surface area contributed by atoms with Gasteiger partial charge in [-0.1, -0.05) is 12.1 Å². The third-order valence-electron chi connectivity index (χ3n) is 5.37. The van der Waals surface area contributed by atoms with E-state index in [-0.39, 0.29) is 16.0 Å². The highest BCUT2D eigenvalue weighted by Gasteiger charge is 2.63. The van der Waals surface area contributed by atoms with Crippen molar-refractivity contribution in [3.63, 3.8) is 0 Å². The van der Waals surface area contributed by atoms with Gasteiger partial charge in [0.1, 0.15) is 6.08 Å². The topological polar surface area (TPSA) is 88.5 Å². The third kappa shape index (κ3) is 2.95. The quantitative estimate of drug-likeness (QED) is 0.439. The molecule has 8 nitrogen and oxygen atoms in total. The van der Waals surface area contributed by atoms with E-state index < -0.39 is 17.6 Å². The van der Waals surface area contributed by atoms with Crippen molar-refractivity contribution in [1.29, 1.82) is 0 Å². The summed E-state index contributed by atoms with van der Waals surface area (Å²) < 4.78 is 16.4. The molecule has 1 unspecified atom stereocenters. The van der Waals surface area contributed by atoms with Crippen LogP contribution in [0.2, 0.25) is 0 Å². The molecule has 3 fully saturated rings. The zero-order chi connectivity index (χ0) is 18.8. The highest BCUT2D eigenvalue weighted by atomic mass is 16.6. The Balaban J connectivity index is 2.15. The molecule has 3 heterocycles. The van der Waals surface area contributed by atoms with Gasteiger partial charge in [0.2, 0.25) is 0 Å². The SMILES string of the molecule is COC(=O)C(/C=C(\O)OC)(Oc1ccccc1O)[N+]12CCN(CC1)CC2. The summed E-state index contributed by atoms with van der Waals surface area (Å²) in [5, 5.41) is 20.3. The van der Waals surface area contributed by atoms with E-state index in [0.29, 0.717) is 19.6 Å². The number of ether oxygens (including phenoxy) is 3. The lowest BCUT2D eigenvalue weighted by Gasteiger charge is -2.56. The Bertz CT molecular complexity index is 685. The number of carbonyl (C=O) groups is 1. The fraction of sp³-hybridized carbons (Fsp3) is 0.500. The summed E-state index contributed by atoms with van der Waals surface area (Å²) in [6, 6.07) is 6.41. The van der Waals surface area contributed by atoms with Crippen LogP contribution in [-0.4, -0.2) is 84.8 Å². The van der Waals surface area contributed by atoms with Crippen LogP contribution in [0.1, 0.15) is 0 Å². The molecule has 26 heavy (non-hydrogen) atoms. The van der Waals surface area contributed by atoms with Crippen LogP contribution in [0, 0.1) is 0 Å². The summed E-state index contributed by atoms with van der Waals surface area (Å²) in [7, 11) is 2.59. The number of aromatic hydroxyl groups is 1. The molecule has 0 saturated carbocycles. The monoisotopic (exact) mass is 365 g/mol. The highest BCUT2D eigenvalue weighted by Crippen LogP contribution is 2.39. The largest absolute Gasteiger partial charge is 0.504 e. The number of esters is 1. The lowest BCUT2D eigenvalue weighted by atomic mass is 10.0. The predicted octanol–water partition coefficient (Wildman–Crippen LogP) is 0.832. The molecule has 2 N–H and O–H groups in total. The number of rotatable bonds is 6. The molecule has 1 atom stereocenters. The van der Waals surface area contributed by atoms with Gasteiger partial charge < -0.3 is 24.4 Å². The highest BCUT2D eigenvalue weighted by molar-refractivity contribution is 5.81. The number of phenolic OH excluding ortho intramolecular Hbond substituents is 1. The van der Waals surface area contributed by atoms with Gasteiger partial charge in [0, 0.05) is 19.6 Å². The molecule has 0 amide bonds. The van der Waals surface area contributed by atoms with E-state index in [1.807, 2.05) is 0 Å². The number of piperazine rings is 3. The first kappa shape index (κ1) is 18.3. The van der Waals surface area contributed by atoms with Gasteiger partial charge in [-0.05, 0) is 12.1 Å². The number of benzene rings is 1. The fourth-order valence-electron chi connectivity index (χ4n) is 3.81. The van der Waals surface area contributed by atoms with E-state index in [1.165, 1.54) is 26.4 Å². The first-order valence-electron chi connectivity index (χ1n) is 8.56. The number of hydrogen-bond acceptors (Lipinski definition) is 7. The molecule has 0 radical (unpaired) electrons. The van der Waals surface area contributed by atoms with Gasteiger partial charge in [-0.2, -0.15) is 0 Å². The summed E-state index contributed by atoms with van der Waals surface area (Å²) in [5.41, 5.74) is -1.67. The van der Waals surface area contributed by atoms with E-state index in [0.717, 1.165) is 19.6 Å². The molecule has 3 saturated heterocycles. The fourth-order valence-corrected chi connectivity index (χ4v) is 3.81. The Morgan fingerprint density at radius 1 is 1.15 bits per heavy atom. The maximum absolute atomic E-state index is 13.0. The number of aliphatic hydroxyl groups excluding tert-OH is 1. The van der Waals surface area contributed by atoms with Gasteiger partial charge in [0.25, 0.3) is 5.95 Å². The van der Waals surface area contributed by atoms with Crippen LogP contribution in [-0.2, 0) is 14.3 Å². The number of para-hydroxylation sites is 2. The van der Waals surface area contributed by atoms with E-state index in [4.69, 9.17) is 14.2 Å². The number of quaternary nitrogens is 1. The average molecular weight is 365 g/mol. The number of hydrogen-bond donors (Lipinski definition) is 2. The number of nitrogens with zero attached hydrogens (tertiary/aromatic N) is 2. The Hall–Kier alpha value is -2.45. The normalized spacial score (nSPS) is 27.5. The molecule has 3 aliphatic rings. The molecule has 2 bridgehead atoms. The molecule has 8 heteroatoms. The maximum Gasteiger partial charge on any atom is 0.416 e. The third-order valence-corrected chi connectivity index (χ3v) is 5.37.